The van der Waals surface area contributed by atoms with Crippen LogP contribution in [0.2, 0.25) is 0 Å². The number of hydrogen-bond acceptors (Lipinski definition) is 3. The quantitative estimate of drug-likeness (QED) is 0.376. The van der Waals surface area contributed by atoms with E-state index in [9.17, 15) is 4.79 Å². The number of aryl methyl sites for hydroxylation is 1. The standard InChI is InChI=1S/C10H15N3O/c1-8-4-2-3-5-9(8)12-7-6-10(14)13-11/h2-5,12H,6-7,11H2,1H3,(H,13,14). The number of carbonyl (C=O) groups excluding carboxylic acids is 1. The molecular formula is C10H15N3O. The highest BCUT2D eigenvalue weighted by atomic mass is 16.2. The molecule has 0 aliphatic heterocycles. The van der Waals surface area contributed by atoms with E-state index in [0.29, 0.717) is 13.0 Å². The molecule has 4 nitrogen and oxygen atoms in total. The van der Waals surface area contributed by atoms with Crippen molar-refractivity contribution in [3.8, 4) is 0 Å². The summed E-state index contributed by atoms with van der Waals surface area (Å²) in [6.45, 7) is 2.61. The summed E-state index contributed by atoms with van der Waals surface area (Å²) in [5.41, 5.74) is 4.31. The largest absolute Gasteiger partial charge is 0.384 e. The van der Waals surface area contributed by atoms with E-state index in [2.05, 4.69) is 10.7 Å². The molecule has 1 aromatic rings. The van der Waals surface area contributed by atoms with Gasteiger partial charge >= 0.3 is 0 Å². The summed E-state index contributed by atoms with van der Waals surface area (Å²) in [7, 11) is 0. The fraction of sp³-hybridized carbons (Fsp3) is 0.300. The van der Waals surface area contributed by atoms with Crippen LogP contribution < -0.4 is 16.6 Å². The topological polar surface area (TPSA) is 67.2 Å². The van der Waals surface area contributed by atoms with Gasteiger partial charge in [0.25, 0.3) is 0 Å². The van der Waals surface area contributed by atoms with Gasteiger partial charge in [0.1, 0.15) is 0 Å². The Hall–Kier alpha value is -1.55. The van der Waals surface area contributed by atoms with Crippen LogP contribution in [0.4, 0.5) is 5.69 Å². The molecule has 0 bridgehead atoms. The van der Waals surface area contributed by atoms with Gasteiger partial charge in [-0.3, -0.25) is 10.2 Å². The zero-order chi connectivity index (χ0) is 10.4. The highest BCUT2D eigenvalue weighted by molar-refractivity contribution is 5.75. The molecule has 14 heavy (non-hydrogen) atoms. The molecule has 4 N–H and O–H groups in total. The molecule has 76 valence electrons. The maximum atomic E-state index is 10.8. The van der Waals surface area contributed by atoms with Crippen LogP contribution in [0.25, 0.3) is 0 Å². The maximum Gasteiger partial charge on any atom is 0.235 e. The SMILES string of the molecule is Cc1ccccc1NCCC(=O)NN. The molecule has 0 heterocycles. The minimum Gasteiger partial charge on any atom is -0.384 e. The van der Waals surface area contributed by atoms with Gasteiger partial charge < -0.3 is 5.32 Å². The molecule has 0 aromatic heterocycles. The summed E-state index contributed by atoms with van der Waals surface area (Å²) in [6, 6.07) is 7.94. The number of rotatable bonds is 4. The molecule has 0 radical (unpaired) electrons. The highest BCUT2D eigenvalue weighted by Gasteiger charge is 1.98. The number of carbonyl (C=O) groups is 1. The van der Waals surface area contributed by atoms with E-state index in [1.54, 1.807) is 0 Å². The van der Waals surface area contributed by atoms with Gasteiger partial charge in [-0.05, 0) is 18.6 Å². The molecule has 1 amide bonds. The van der Waals surface area contributed by atoms with E-state index in [1.807, 2.05) is 31.2 Å². The molecule has 1 rings (SSSR count). The zero-order valence-electron chi connectivity index (χ0n) is 8.21. The van der Waals surface area contributed by atoms with Gasteiger partial charge in [-0.25, -0.2) is 5.84 Å². The Kier molecular flexibility index (Phi) is 3.94. The van der Waals surface area contributed by atoms with Gasteiger partial charge in [0.15, 0.2) is 0 Å². The van der Waals surface area contributed by atoms with Crippen LogP contribution in [0.5, 0.6) is 0 Å². The number of hydrazine groups is 1. The Balaban J connectivity index is 2.39. The van der Waals surface area contributed by atoms with Gasteiger partial charge in [0, 0.05) is 18.7 Å². The summed E-state index contributed by atoms with van der Waals surface area (Å²) in [5, 5.41) is 3.16. The molecule has 0 unspecified atom stereocenters. The van der Waals surface area contributed by atoms with Crippen LogP contribution in [0.15, 0.2) is 24.3 Å². The number of anilines is 1. The Morgan fingerprint density at radius 1 is 1.43 bits per heavy atom. The third kappa shape index (κ3) is 3.06. The lowest BCUT2D eigenvalue weighted by molar-refractivity contribution is -0.120. The maximum absolute atomic E-state index is 10.8. The van der Waals surface area contributed by atoms with Crippen molar-refractivity contribution in [3.05, 3.63) is 29.8 Å². The predicted molar refractivity (Wildman–Crippen MR) is 56.6 cm³/mol. The molecule has 0 aliphatic carbocycles. The van der Waals surface area contributed by atoms with Crippen molar-refractivity contribution in [1.82, 2.24) is 5.43 Å². The second-order valence-corrected chi connectivity index (χ2v) is 3.06. The van der Waals surface area contributed by atoms with Gasteiger partial charge in [-0.1, -0.05) is 18.2 Å². The molecule has 1 aromatic carbocycles. The Labute approximate surface area is 83.5 Å². The molecule has 4 heteroatoms. The summed E-state index contributed by atoms with van der Waals surface area (Å²) in [5.74, 6) is 4.79. The van der Waals surface area contributed by atoms with E-state index in [1.165, 1.54) is 5.56 Å². The van der Waals surface area contributed by atoms with Crippen molar-refractivity contribution in [1.29, 1.82) is 0 Å². The third-order valence-electron chi connectivity index (χ3n) is 1.97. The molecule has 0 fully saturated rings. The number of benzene rings is 1. The van der Waals surface area contributed by atoms with Crippen LogP contribution in [0.3, 0.4) is 0 Å². The number of para-hydroxylation sites is 1. The lowest BCUT2D eigenvalue weighted by Crippen LogP contribution is -2.31. The first-order valence-corrected chi connectivity index (χ1v) is 4.53. The summed E-state index contributed by atoms with van der Waals surface area (Å²) in [4.78, 5) is 10.8. The van der Waals surface area contributed by atoms with E-state index in [-0.39, 0.29) is 5.91 Å². The lowest BCUT2D eigenvalue weighted by Gasteiger charge is -2.08. The minimum atomic E-state index is -0.161. The molecule has 0 saturated heterocycles. The minimum absolute atomic E-state index is 0.161. The van der Waals surface area contributed by atoms with E-state index in [4.69, 9.17) is 5.84 Å². The Morgan fingerprint density at radius 3 is 2.79 bits per heavy atom. The van der Waals surface area contributed by atoms with Crippen LogP contribution >= 0.6 is 0 Å². The first-order chi connectivity index (χ1) is 6.74. The molecule has 0 spiro atoms. The molecule has 0 atom stereocenters. The van der Waals surface area contributed by atoms with Crippen LogP contribution in [-0.4, -0.2) is 12.5 Å². The molecule has 0 aliphatic rings. The highest BCUT2D eigenvalue weighted by Crippen LogP contribution is 2.12. The number of nitrogens with one attached hydrogen (secondary N) is 2. The summed E-state index contributed by atoms with van der Waals surface area (Å²) in [6.07, 6.45) is 0.380. The van der Waals surface area contributed by atoms with Crippen LogP contribution in [0, 0.1) is 6.92 Å². The van der Waals surface area contributed by atoms with E-state index >= 15 is 0 Å². The van der Waals surface area contributed by atoms with Gasteiger partial charge in [0.05, 0.1) is 0 Å². The first kappa shape index (κ1) is 10.5. The lowest BCUT2D eigenvalue weighted by atomic mass is 10.2. The summed E-state index contributed by atoms with van der Waals surface area (Å²) < 4.78 is 0. The number of nitrogens with two attached hydrogens (primary N) is 1. The van der Waals surface area contributed by atoms with Gasteiger partial charge in [-0.15, -0.1) is 0 Å². The monoisotopic (exact) mass is 193 g/mol. The Morgan fingerprint density at radius 2 is 2.14 bits per heavy atom. The van der Waals surface area contributed by atoms with Crippen molar-refractivity contribution in [2.45, 2.75) is 13.3 Å². The third-order valence-corrected chi connectivity index (χ3v) is 1.97. The van der Waals surface area contributed by atoms with E-state index in [0.717, 1.165) is 5.69 Å². The van der Waals surface area contributed by atoms with Crippen LogP contribution in [0.1, 0.15) is 12.0 Å². The molecule has 0 saturated carbocycles. The average molecular weight is 193 g/mol. The average Bonchev–Trinajstić information content (AvgIpc) is 2.20. The normalized spacial score (nSPS) is 9.57. The van der Waals surface area contributed by atoms with E-state index < -0.39 is 0 Å². The zero-order valence-corrected chi connectivity index (χ0v) is 8.21. The van der Waals surface area contributed by atoms with Crippen LogP contribution in [-0.2, 0) is 4.79 Å². The smallest absolute Gasteiger partial charge is 0.235 e. The molecular weight excluding hydrogens is 178 g/mol. The predicted octanol–water partition coefficient (Wildman–Crippen LogP) is 0.787. The van der Waals surface area contributed by atoms with Crippen molar-refractivity contribution < 1.29 is 4.79 Å². The Bertz CT molecular complexity index is 312. The fourth-order valence-corrected chi connectivity index (χ4v) is 1.15. The van der Waals surface area contributed by atoms with Gasteiger partial charge in [-0.2, -0.15) is 0 Å². The van der Waals surface area contributed by atoms with Gasteiger partial charge in [0.2, 0.25) is 5.91 Å². The summed E-state index contributed by atoms with van der Waals surface area (Å²) >= 11 is 0. The number of hydrogen-bond donors (Lipinski definition) is 3. The van der Waals surface area contributed by atoms with Crippen molar-refractivity contribution in [2.75, 3.05) is 11.9 Å². The second kappa shape index (κ2) is 5.24. The fourth-order valence-electron chi connectivity index (χ4n) is 1.15. The number of amides is 1. The van der Waals surface area contributed by atoms with Crippen molar-refractivity contribution in [3.63, 3.8) is 0 Å². The second-order valence-electron chi connectivity index (χ2n) is 3.06. The first-order valence-electron chi connectivity index (χ1n) is 4.53. The van der Waals surface area contributed by atoms with Crippen molar-refractivity contribution >= 4 is 11.6 Å². The van der Waals surface area contributed by atoms with Crippen molar-refractivity contribution in [2.24, 2.45) is 5.84 Å².